The number of hydrogen-bond acceptors (Lipinski definition) is 6. The van der Waals surface area contributed by atoms with Crippen LogP contribution >= 0.6 is 11.6 Å². The standard InChI is InChI=1S/C23H23ClF3NO6/c1-14(29)18-9-15(24)3-5-20(18)33-12-17-11-28(7-8-32-17)22(30)19-10-16(31-2)4-6-21(19)34-13-23(25,26)27/h3-6,9-10,17H,7-8,11-13H2,1-2H3. The number of hydrogen-bond donors (Lipinski definition) is 0. The van der Waals surface area contributed by atoms with E-state index in [2.05, 4.69) is 0 Å². The van der Waals surface area contributed by atoms with Crippen molar-refractivity contribution in [3.63, 3.8) is 0 Å². The third-order valence-corrected chi connectivity index (χ3v) is 5.22. The summed E-state index contributed by atoms with van der Waals surface area (Å²) in [6, 6.07) is 8.68. The number of morpholine rings is 1. The predicted octanol–water partition coefficient (Wildman–Crippen LogP) is 4.41. The van der Waals surface area contributed by atoms with Crippen LogP contribution in [0.3, 0.4) is 0 Å². The highest BCUT2D eigenvalue weighted by molar-refractivity contribution is 6.31. The first-order valence-electron chi connectivity index (χ1n) is 10.3. The van der Waals surface area contributed by atoms with Gasteiger partial charge in [-0.1, -0.05) is 11.6 Å². The molecule has 0 saturated carbocycles. The Morgan fingerprint density at radius 1 is 1.12 bits per heavy atom. The van der Waals surface area contributed by atoms with Crippen LogP contribution in [0, 0.1) is 0 Å². The number of nitrogens with zero attached hydrogens (tertiary/aromatic N) is 1. The molecule has 7 nitrogen and oxygen atoms in total. The highest BCUT2D eigenvalue weighted by atomic mass is 35.5. The van der Waals surface area contributed by atoms with Gasteiger partial charge in [0, 0.05) is 11.6 Å². The van der Waals surface area contributed by atoms with Gasteiger partial charge in [-0.3, -0.25) is 9.59 Å². The first kappa shape index (κ1) is 25.6. The maximum atomic E-state index is 13.2. The molecule has 184 valence electrons. The summed E-state index contributed by atoms with van der Waals surface area (Å²) in [5.74, 6) is -0.312. The third kappa shape index (κ3) is 6.77. The second-order valence-electron chi connectivity index (χ2n) is 7.52. The molecule has 11 heteroatoms. The number of benzene rings is 2. The summed E-state index contributed by atoms with van der Waals surface area (Å²) in [7, 11) is 1.38. The summed E-state index contributed by atoms with van der Waals surface area (Å²) >= 11 is 5.95. The summed E-state index contributed by atoms with van der Waals surface area (Å²) < 4.78 is 59.3. The lowest BCUT2D eigenvalue weighted by Gasteiger charge is -2.33. The van der Waals surface area contributed by atoms with Gasteiger partial charge in [-0.15, -0.1) is 0 Å². The van der Waals surface area contributed by atoms with Crippen LogP contribution < -0.4 is 14.2 Å². The van der Waals surface area contributed by atoms with Crippen molar-refractivity contribution in [3.05, 3.63) is 52.5 Å². The molecule has 0 N–H and O–H groups in total. The van der Waals surface area contributed by atoms with Gasteiger partial charge in [-0.25, -0.2) is 0 Å². The summed E-state index contributed by atoms with van der Waals surface area (Å²) in [6.07, 6.45) is -5.08. The van der Waals surface area contributed by atoms with Gasteiger partial charge in [0.05, 0.1) is 31.4 Å². The van der Waals surface area contributed by atoms with E-state index in [4.69, 9.17) is 30.5 Å². The lowest BCUT2D eigenvalue weighted by atomic mass is 10.1. The number of carbonyl (C=O) groups is 2. The zero-order chi connectivity index (χ0) is 24.9. The first-order chi connectivity index (χ1) is 16.1. The number of carbonyl (C=O) groups excluding carboxylic acids is 2. The summed E-state index contributed by atoms with van der Waals surface area (Å²) in [5, 5.41) is 0.394. The predicted molar refractivity (Wildman–Crippen MR) is 117 cm³/mol. The Hall–Kier alpha value is -2.98. The van der Waals surface area contributed by atoms with E-state index in [1.807, 2.05) is 0 Å². The Morgan fingerprint density at radius 3 is 2.50 bits per heavy atom. The van der Waals surface area contributed by atoms with Crippen molar-refractivity contribution in [1.29, 1.82) is 0 Å². The molecule has 1 aliphatic rings. The zero-order valence-electron chi connectivity index (χ0n) is 18.5. The average molecular weight is 502 g/mol. The smallest absolute Gasteiger partial charge is 0.422 e. The highest BCUT2D eigenvalue weighted by Gasteiger charge is 2.31. The van der Waals surface area contributed by atoms with Gasteiger partial charge in [0.2, 0.25) is 0 Å². The van der Waals surface area contributed by atoms with E-state index in [1.165, 1.54) is 43.2 Å². The number of halogens is 4. The van der Waals surface area contributed by atoms with Crippen molar-refractivity contribution >= 4 is 23.3 Å². The number of methoxy groups -OCH3 is 1. The van der Waals surface area contributed by atoms with Gasteiger partial charge in [-0.2, -0.15) is 13.2 Å². The van der Waals surface area contributed by atoms with E-state index < -0.39 is 24.8 Å². The second kappa shape index (κ2) is 11.0. The first-order valence-corrected chi connectivity index (χ1v) is 10.7. The fraction of sp³-hybridized carbons (Fsp3) is 0.391. The van der Waals surface area contributed by atoms with Crippen LogP contribution in [0.5, 0.6) is 17.2 Å². The lowest BCUT2D eigenvalue weighted by Crippen LogP contribution is -2.47. The van der Waals surface area contributed by atoms with Gasteiger partial charge in [0.15, 0.2) is 12.4 Å². The van der Waals surface area contributed by atoms with Crippen LogP contribution in [0.15, 0.2) is 36.4 Å². The number of Topliss-reactive ketones (excluding diaryl/α,β-unsaturated/α-hetero) is 1. The Balaban J connectivity index is 1.71. The topological polar surface area (TPSA) is 74.3 Å². The summed E-state index contributed by atoms with van der Waals surface area (Å²) in [6.45, 7) is 0.452. The van der Waals surface area contributed by atoms with E-state index in [0.717, 1.165) is 0 Å². The molecule has 2 aromatic rings. The van der Waals surface area contributed by atoms with E-state index in [-0.39, 0.29) is 43.4 Å². The van der Waals surface area contributed by atoms with Crippen LogP contribution in [0.25, 0.3) is 0 Å². The Kier molecular flexibility index (Phi) is 8.27. The van der Waals surface area contributed by atoms with Crippen molar-refractivity contribution < 1.29 is 41.7 Å². The molecule has 3 rings (SSSR count). The number of ether oxygens (including phenoxy) is 4. The van der Waals surface area contributed by atoms with Crippen molar-refractivity contribution in [2.45, 2.75) is 19.2 Å². The van der Waals surface area contributed by atoms with E-state index in [1.54, 1.807) is 12.1 Å². The maximum Gasteiger partial charge on any atom is 0.422 e. The van der Waals surface area contributed by atoms with Gasteiger partial charge >= 0.3 is 6.18 Å². The number of alkyl halides is 3. The van der Waals surface area contributed by atoms with Gasteiger partial charge in [-0.05, 0) is 43.3 Å². The minimum atomic E-state index is -4.55. The molecule has 2 aromatic carbocycles. The van der Waals surface area contributed by atoms with Crippen LogP contribution in [0.2, 0.25) is 5.02 Å². The number of amides is 1. The number of ketones is 1. The van der Waals surface area contributed by atoms with Crippen molar-refractivity contribution in [3.8, 4) is 17.2 Å². The molecular weight excluding hydrogens is 479 g/mol. The van der Waals surface area contributed by atoms with E-state index in [9.17, 15) is 22.8 Å². The SMILES string of the molecule is COc1ccc(OCC(F)(F)F)c(C(=O)N2CCOC(COc3ccc(Cl)cc3C(C)=O)C2)c1. The van der Waals surface area contributed by atoms with Crippen LogP contribution in [0.1, 0.15) is 27.6 Å². The van der Waals surface area contributed by atoms with E-state index in [0.29, 0.717) is 22.1 Å². The van der Waals surface area contributed by atoms with Crippen molar-refractivity contribution in [2.24, 2.45) is 0 Å². The van der Waals surface area contributed by atoms with E-state index >= 15 is 0 Å². The molecule has 0 aliphatic carbocycles. The van der Waals surface area contributed by atoms with Crippen LogP contribution in [0.4, 0.5) is 13.2 Å². The van der Waals surface area contributed by atoms with Gasteiger partial charge in [0.1, 0.15) is 30.0 Å². The highest BCUT2D eigenvalue weighted by Crippen LogP contribution is 2.29. The Bertz CT molecular complexity index is 1050. The normalized spacial score (nSPS) is 16.2. The lowest BCUT2D eigenvalue weighted by molar-refractivity contribution is -0.153. The number of rotatable bonds is 8. The quantitative estimate of drug-likeness (QED) is 0.499. The summed E-state index contributed by atoms with van der Waals surface area (Å²) in [4.78, 5) is 26.5. The molecule has 1 amide bonds. The molecule has 0 aromatic heterocycles. The van der Waals surface area contributed by atoms with Crippen molar-refractivity contribution in [1.82, 2.24) is 4.90 Å². The second-order valence-corrected chi connectivity index (χ2v) is 7.95. The Labute approximate surface area is 199 Å². The molecular formula is C23H23ClF3NO6. The monoisotopic (exact) mass is 501 g/mol. The zero-order valence-corrected chi connectivity index (χ0v) is 19.2. The van der Waals surface area contributed by atoms with Crippen LogP contribution in [-0.4, -0.2) is 68.9 Å². The molecule has 0 bridgehead atoms. The molecule has 1 fully saturated rings. The maximum absolute atomic E-state index is 13.2. The minimum absolute atomic E-state index is 0.0429. The van der Waals surface area contributed by atoms with Gasteiger partial charge < -0.3 is 23.8 Å². The molecule has 1 unspecified atom stereocenters. The van der Waals surface area contributed by atoms with Crippen LogP contribution in [-0.2, 0) is 4.74 Å². The van der Waals surface area contributed by atoms with Gasteiger partial charge in [0.25, 0.3) is 5.91 Å². The molecule has 0 radical (unpaired) electrons. The molecule has 1 saturated heterocycles. The molecule has 34 heavy (non-hydrogen) atoms. The largest absolute Gasteiger partial charge is 0.497 e. The van der Waals surface area contributed by atoms with Crippen molar-refractivity contribution in [2.75, 3.05) is 40.0 Å². The molecule has 0 spiro atoms. The fourth-order valence-corrected chi connectivity index (χ4v) is 3.52. The summed E-state index contributed by atoms with van der Waals surface area (Å²) in [5.41, 5.74) is 0.265. The molecule has 1 atom stereocenters. The third-order valence-electron chi connectivity index (χ3n) is 4.98. The average Bonchev–Trinajstić information content (AvgIpc) is 2.81. The molecule has 1 heterocycles. The minimum Gasteiger partial charge on any atom is -0.497 e. The Morgan fingerprint density at radius 2 is 1.82 bits per heavy atom. The molecule has 1 aliphatic heterocycles. The fourth-order valence-electron chi connectivity index (χ4n) is 3.35.